The maximum absolute atomic E-state index is 12.4. The molecular formula is C17H20BrN3O5S. The highest BCUT2D eigenvalue weighted by atomic mass is 79.9. The lowest BCUT2D eigenvalue weighted by molar-refractivity contribution is -0.148. The average molecular weight is 458 g/mol. The summed E-state index contributed by atoms with van der Waals surface area (Å²) in [4.78, 5) is 38.2. The summed E-state index contributed by atoms with van der Waals surface area (Å²) in [6.45, 7) is 1.11. The minimum atomic E-state index is -0.846. The standard InChI is InChI=1S/C17H20BrN3O5S/c1-25-8-9-26-14(22)10-13-16(24)19-6-7-21(13)17(27)20-15(23)11-4-2-3-5-12(11)18/h2-5,13H,6-10H2,1H3,(H,19,24)(H,20,23,27). The van der Waals surface area contributed by atoms with E-state index in [0.717, 1.165) is 0 Å². The van der Waals surface area contributed by atoms with Gasteiger partial charge >= 0.3 is 5.97 Å². The number of carbonyl (C=O) groups is 3. The molecule has 0 radical (unpaired) electrons. The third-order valence-corrected chi connectivity index (χ3v) is 4.87. The smallest absolute Gasteiger partial charge is 0.308 e. The molecule has 0 saturated carbocycles. The summed E-state index contributed by atoms with van der Waals surface area (Å²) < 4.78 is 10.5. The molecule has 2 amide bonds. The predicted octanol–water partition coefficient (Wildman–Crippen LogP) is 0.844. The molecule has 1 aromatic rings. The van der Waals surface area contributed by atoms with E-state index in [9.17, 15) is 14.4 Å². The molecule has 8 nitrogen and oxygen atoms in total. The zero-order chi connectivity index (χ0) is 19.8. The molecule has 1 aromatic carbocycles. The molecule has 1 aliphatic rings. The number of rotatable bonds is 6. The Bertz CT molecular complexity index is 730. The van der Waals surface area contributed by atoms with Crippen molar-refractivity contribution in [2.24, 2.45) is 0 Å². The van der Waals surface area contributed by atoms with E-state index in [2.05, 4.69) is 26.6 Å². The number of carbonyl (C=O) groups excluding carboxylic acids is 3. The summed E-state index contributed by atoms with van der Waals surface area (Å²) in [5.41, 5.74) is 0.414. The second-order valence-corrected chi connectivity index (χ2v) is 6.90. The molecule has 146 valence electrons. The van der Waals surface area contributed by atoms with E-state index < -0.39 is 17.9 Å². The molecule has 27 heavy (non-hydrogen) atoms. The van der Waals surface area contributed by atoms with E-state index in [-0.39, 0.29) is 30.7 Å². The summed E-state index contributed by atoms with van der Waals surface area (Å²) in [7, 11) is 1.50. The minimum absolute atomic E-state index is 0.0836. The Labute approximate surface area is 170 Å². The van der Waals surface area contributed by atoms with E-state index in [1.165, 1.54) is 12.0 Å². The summed E-state index contributed by atoms with van der Waals surface area (Å²) >= 11 is 8.62. The van der Waals surface area contributed by atoms with Crippen molar-refractivity contribution >= 4 is 51.0 Å². The zero-order valence-corrected chi connectivity index (χ0v) is 17.1. The van der Waals surface area contributed by atoms with Crippen molar-refractivity contribution in [1.29, 1.82) is 0 Å². The van der Waals surface area contributed by atoms with Crippen molar-refractivity contribution in [3.63, 3.8) is 0 Å². The molecule has 1 fully saturated rings. The summed E-state index contributed by atoms with van der Waals surface area (Å²) in [6.07, 6.45) is -0.180. The van der Waals surface area contributed by atoms with Crippen LogP contribution in [0.15, 0.2) is 28.7 Å². The number of hydrogen-bond acceptors (Lipinski definition) is 6. The number of halogens is 1. The van der Waals surface area contributed by atoms with Gasteiger partial charge in [0.1, 0.15) is 12.6 Å². The molecule has 0 spiro atoms. The van der Waals surface area contributed by atoms with Crippen LogP contribution in [-0.2, 0) is 19.1 Å². The lowest BCUT2D eigenvalue weighted by Crippen LogP contribution is -2.60. The maximum atomic E-state index is 12.4. The fraction of sp³-hybridized carbons (Fsp3) is 0.412. The van der Waals surface area contributed by atoms with Crippen molar-refractivity contribution in [2.45, 2.75) is 12.5 Å². The van der Waals surface area contributed by atoms with Crippen molar-refractivity contribution in [3.05, 3.63) is 34.3 Å². The fourth-order valence-electron chi connectivity index (χ4n) is 2.50. The molecule has 0 bridgehead atoms. The van der Waals surface area contributed by atoms with Crippen molar-refractivity contribution in [2.75, 3.05) is 33.4 Å². The number of benzene rings is 1. The Balaban J connectivity index is 2.03. The first kappa shape index (κ1) is 21.3. The number of methoxy groups -OCH3 is 1. The number of thiocarbonyl (C=S) groups is 1. The zero-order valence-electron chi connectivity index (χ0n) is 14.7. The summed E-state index contributed by atoms with van der Waals surface area (Å²) in [5.74, 6) is -1.29. The first-order chi connectivity index (χ1) is 12.9. The second kappa shape index (κ2) is 10.3. The minimum Gasteiger partial charge on any atom is -0.463 e. The first-order valence-electron chi connectivity index (χ1n) is 8.22. The summed E-state index contributed by atoms with van der Waals surface area (Å²) in [5, 5.41) is 5.39. The Hall–Kier alpha value is -2.04. The molecule has 1 atom stereocenters. The molecule has 2 rings (SSSR count). The van der Waals surface area contributed by atoms with Gasteiger partial charge in [-0.05, 0) is 40.3 Å². The fourth-order valence-corrected chi connectivity index (χ4v) is 3.27. The molecule has 1 heterocycles. The van der Waals surface area contributed by atoms with Crippen LogP contribution in [0.25, 0.3) is 0 Å². The largest absolute Gasteiger partial charge is 0.463 e. The van der Waals surface area contributed by atoms with E-state index in [0.29, 0.717) is 23.1 Å². The van der Waals surface area contributed by atoms with Crippen molar-refractivity contribution in [3.8, 4) is 0 Å². The summed E-state index contributed by atoms with van der Waals surface area (Å²) in [6, 6.07) is 6.07. The van der Waals surface area contributed by atoms with Gasteiger partial charge in [0.25, 0.3) is 5.91 Å². The van der Waals surface area contributed by atoms with Gasteiger partial charge in [-0.15, -0.1) is 0 Å². The van der Waals surface area contributed by atoms with Gasteiger partial charge in [-0.2, -0.15) is 0 Å². The van der Waals surface area contributed by atoms with E-state index >= 15 is 0 Å². The lowest BCUT2D eigenvalue weighted by atomic mass is 10.1. The van der Waals surface area contributed by atoms with Crippen molar-refractivity contribution in [1.82, 2.24) is 15.5 Å². The maximum Gasteiger partial charge on any atom is 0.308 e. The topological polar surface area (TPSA) is 97.0 Å². The van der Waals surface area contributed by atoms with Crippen LogP contribution in [0.1, 0.15) is 16.8 Å². The van der Waals surface area contributed by atoms with Gasteiger partial charge in [0.05, 0.1) is 18.6 Å². The molecule has 1 saturated heterocycles. The molecular weight excluding hydrogens is 438 g/mol. The highest BCUT2D eigenvalue weighted by Crippen LogP contribution is 2.16. The van der Waals surface area contributed by atoms with Crippen LogP contribution in [0, 0.1) is 0 Å². The van der Waals surface area contributed by atoms with Crippen LogP contribution in [-0.4, -0.2) is 67.3 Å². The quantitative estimate of drug-likeness (QED) is 0.371. The molecule has 0 aliphatic carbocycles. The monoisotopic (exact) mass is 457 g/mol. The third-order valence-electron chi connectivity index (χ3n) is 3.84. The number of nitrogens with one attached hydrogen (secondary N) is 2. The highest BCUT2D eigenvalue weighted by Gasteiger charge is 2.34. The molecule has 2 N–H and O–H groups in total. The normalized spacial score (nSPS) is 16.4. The third kappa shape index (κ3) is 5.98. The van der Waals surface area contributed by atoms with Gasteiger partial charge in [0.2, 0.25) is 5.91 Å². The number of esters is 1. The van der Waals surface area contributed by atoms with Crippen LogP contribution in [0.2, 0.25) is 0 Å². The highest BCUT2D eigenvalue weighted by molar-refractivity contribution is 9.10. The predicted molar refractivity (Wildman–Crippen MR) is 105 cm³/mol. The van der Waals surface area contributed by atoms with Crippen LogP contribution < -0.4 is 10.6 Å². The van der Waals surface area contributed by atoms with E-state index in [4.69, 9.17) is 21.7 Å². The van der Waals surface area contributed by atoms with E-state index in [1.807, 2.05) is 0 Å². The number of amides is 2. The average Bonchev–Trinajstić information content (AvgIpc) is 2.63. The first-order valence-corrected chi connectivity index (χ1v) is 9.43. The Morgan fingerprint density at radius 2 is 2.11 bits per heavy atom. The van der Waals surface area contributed by atoms with Crippen LogP contribution in [0.3, 0.4) is 0 Å². The Morgan fingerprint density at radius 3 is 2.81 bits per heavy atom. The van der Waals surface area contributed by atoms with Crippen LogP contribution >= 0.6 is 28.1 Å². The molecule has 1 unspecified atom stereocenters. The van der Waals surface area contributed by atoms with Crippen LogP contribution in [0.5, 0.6) is 0 Å². The number of ether oxygens (including phenoxy) is 2. The SMILES string of the molecule is COCCOC(=O)CC1C(=O)NCCN1C(=S)NC(=O)c1ccccc1Br. The lowest BCUT2D eigenvalue weighted by Gasteiger charge is -2.36. The number of hydrogen-bond donors (Lipinski definition) is 2. The molecule has 10 heteroatoms. The second-order valence-electron chi connectivity index (χ2n) is 5.66. The Morgan fingerprint density at radius 1 is 1.37 bits per heavy atom. The van der Waals surface area contributed by atoms with Gasteiger partial charge in [0, 0.05) is 24.7 Å². The van der Waals surface area contributed by atoms with Gasteiger partial charge in [-0.25, -0.2) is 0 Å². The van der Waals surface area contributed by atoms with Crippen LogP contribution in [0.4, 0.5) is 0 Å². The van der Waals surface area contributed by atoms with E-state index in [1.54, 1.807) is 24.3 Å². The molecule has 1 aliphatic heterocycles. The Kier molecular flexibility index (Phi) is 8.14. The van der Waals surface area contributed by atoms with Gasteiger partial charge in [-0.1, -0.05) is 12.1 Å². The van der Waals surface area contributed by atoms with Crippen molar-refractivity contribution < 1.29 is 23.9 Å². The number of piperazine rings is 1. The van der Waals surface area contributed by atoms with Gasteiger partial charge < -0.3 is 19.7 Å². The molecule has 0 aromatic heterocycles. The van der Waals surface area contributed by atoms with Gasteiger partial charge in [0.15, 0.2) is 5.11 Å². The number of nitrogens with zero attached hydrogens (tertiary/aromatic N) is 1. The van der Waals surface area contributed by atoms with Gasteiger partial charge in [-0.3, -0.25) is 19.7 Å².